The van der Waals surface area contributed by atoms with Gasteiger partial charge in [0.05, 0.1) is 21.8 Å². The molecule has 0 amide bonds. The van der Waals surface area contributed by atoms with Gasteiger partial charge < -0.3 is 15.3 Å². The van der Waals surface area contributed by atoms with Gasteiger partial charge in [0.1, 0.15) is 22.7 Å². The molecule has 41 heavy (non-hydrogen) atoms. The summed E-state index contributed by atoms with van der Waals surface area (Å²) in [6.07, 6.45) is 2.66. The highest BCUT2D eigenvalue weighted by atomic mass is 35.5. The van der Waals surface area contributed by atoms with E-state index in [4.69, 9.17) is 11.6 Å². The Hall–Kier alpha value is -3.13. The summed E-state index contributed by atoms with van der Waals surface area (Å²) >= 11 is 5.89. The number of fused-ring (bicyclic) bond motifs is 4. The SMILES string of the molecule is Oc1cc(Cl)c(C(F)(F)F)c(-c2ncc3c(N4CC5CCC(C4)N5)cc(C#CC45CCCN4CCC5)nc3c2F)c1. The van der Waals surface area contributed by atoms with Crippen LogP contribution in [0.4, 0.5) is 23.2 Å². The van der Waals surface area contributed by atoms with Gasteiger partial charge >= 0.3 is 6.18 Å². The zero-order valence-electron chi connectivity index (χ0n) is 22.2. The van der Waals surface area contributed by atoms with Crippen LogP contribution in [0.2, 0.25) is 5.02 Å². The van der Waals surface area contributed by atoms with Crippen molar-refractivity contribution in [2.75, 3.05) is 31.1 Å². The van der Waals surface area contributed by atoms with E-state index in [1.165, 1.54) is 6.20 Å². The molecule has 2 bridgehead atoms. The number of hydrogen-bond acceptors (Lipinski definition) is 6. The van der Waals surface area contributed by atoms with Gasteiger partial charge in [-0.3, -0.25) is 9.88 Å². The molecular weight excluding hydrogens is 558 g/mol. The van der Waals surface area contributed by atoms with E-state index < -0.39 is 39.6 Å². The third-order valence-corrected chi connectivity index (χ3v) is 9.31. The molecule has 6 heterocycles. The Balaban J connectivity index is 1.41. The maximum Gasteiger partial charge on any atom is 0.418 e. The van der Waals surface area contributed by atoms with Gasteiger partial charge in [-0.2, -0.15) is 13.2 Å². The van der Waals surface area contributed by atoms with Crippen LogP contribution in [-0.2, 0) is 6.18 Å². The molecule has 0 aliphatic carbocycles. The Bertz CT molecular complexity index is 1590. The smallest absolute Gasteiger partial charge is 0.418 e. The number of nitrogens with one attached hydrogen (secondary N) is 1. The second kappa shape index (κ2) is 9.72. The molecule has 0 spiro atoms. The third-order valence-electron chi connectivity index (χ3n) is 9.01. The number of piperazine rings is 1. The lowest BCUT2D eigenvalue weighted by Crippen LogP contribution is -2.51. The van der Waals surface area contributed by atoms with Gasteiger partial charge in [0.25, 0.3) is 0 Å². The molecule has 4 saturated heterocycles. The molecule has 2 atom stereocenters. The Morgan fingerprint density at radius 1 is 1.07 bits per heavy atom. The van der Waals surface area contributed by atoms with Gasteiger partial charge in [-0.15, -0.1) is 0 Å². The molecule has 0 saturated carbocycles. The first kappa shape index (κ1) is 26.7. The van der Waals surface area contributed by atoms with Crippen LogP contribution < -0.4 is 10.2 Å². The zero-order valence-corrected chi connectivity index (χ0v) is 22.9. The molecule has 4 aliphatic heterocycles. The molecule has 4 fully saturated rings. The number of aromatic nitrogens is 2. The molecule has 2 unspecified atom stereocenters. The summed E-state index contributed by atoms with van der Waals surface area (Å²) in [4.78, 5) is 13.3. The average molecular weight is 586 g/mol. The van der Waals surface area contributed by atoms with E-state index in [0.29, 0.717) is 41.9 Å². The van der Waals surface area contributed by atoms with Crippen LogP contribution in [0.15, 0.2) is 24.4 Å². The fraction of sp³-hybridized carbons (Fsp3) is 0.467. The monoisotopic (exact) mass is 585 g/mol. The number of alkyl halides is 3. The number of aromatic hydroxyl groups is 1. The number of phenols is 1. The number of benzene rings is 1. The second-order valence-electron chi connectivity index (χ2n) is 11.6. The van der Waals surface area contributed by atoms with Gasteiger partial charge in [-0.1, -0.05) is 17.5 Å². The first-order valence-electron chi connectivity index (χ1n) is 14.0. The molecule has 0 radical (unpaired) electrons. The first-order valence-corrected chi connectivity index (χ1v) is 14.4. The van der Waals surface area contributed by atoms with Crippen molar-refractivity contribution >= 4 is 28.2 Å². The summed E-state index contributed by atoms with van der Waals surface area (Å²) in [7, 11) is 0. The van der Waals surface area contributed by atoms with Crippen molar-refractivity contribution in [1.29, 1.82) is 0 Å². The number of anilines is 1. The topological polar surface area (TPSA) is 64.5 Å². The van der Waals surface area contributed by atoms with Crippen molar-refractivity contribution in [3.8, 4) is 28.8 Å². The van der Waals surface area contributed by atoms with E-state index in [-0.39, 0.29) is 11.1 Å². The Morgan fingerprint density at radius 3 is 2.46 bits per heavy atom. The van der Waals surface area contributed by atoms with Crippen LogP contribution >= 0.6 is 11.6 Å². The number of hydrogen-bond donors (Lipinski definition) is 2. The van der Waals surface area contributed by atoms with Crippen LogP contribution in [0.1, 0.15) is 49.8 Å². The highest BCUT2D eigenvalue weighted by Gasteiger charge is 2.43. The normalized spacial score (nSPS) is 23.6. The minimum atomic E-state index is -4.90. The molecule has 1 aromatic carbocycles. The summed E-state index contributed by atoms with van der Waals surface area (Å²) in [5.74, 6) is 5.14. The molecule has 2 N–H and O–H groups in total. The zero-order chi connectivity index (χ0) is 28.5. The van der Waals surface area contributed by atoms with Crippen LogP contribution in [0.25, 0.3) is 22.2 Å². The van der Waals surface area contributed by atoms with Crippen LogP contribution in [-0.4, -0.2) is 63.8 Å². The van der Waals surface area contributed by atoms with Crippen LogP contribution in [0.5, 0.6) is 5.75 Å². The predicted octanol–water partition coefficient (Wildman–Crippen LogP) is 5.73. The molecule has 6 nitrogen and oxygen atoms in total. The lowest BCUT2D eigenvalue weighted by atomic mass is 9.94. The highest BCUT2D eigenvalue weighted by Crippen LogP contribution is 2.45. The fourth-order valence-corrected chi connectivity index (χ4v) is 7.52. The van der Waals surface area contributed by atoms with E-state index in [1.54, 1.807) is 0 Å². The van der Waals surface area contributed by atoms with Crippen molar-refractivity contribution in [2.45, 2.75) is 62.3 Å². The standard InChI is InChI=1S/C30H28ClF4N5O/c31-23-13-20(41)12-21(25(23)30(33,34)35)27-26(32)28-22(14-36-27)24(39-15-18-3-4-19(16-39)37-18)11-17(38-28)5-8-29-6-1-9-40(29)10-2-7-29/h11-14,18-19,37,41H,1-4,6-7,9-10,15-16H2. The summed E-state index contributed by atoms with van der Waals surface area (Å²) < 4.78 is 58.4. The van der Waals surface area contributed by atoms with E-state index in [0.717, 1.165) is 63.7 Å². The van der Waals surface area contributed by atoms with E-state index in [2.05, 4.69) is 36.9 Å². The number of nitrogens with zero attached hydrogens (tertiary/aromatic N) is 4. The van der Waals surface area contributed by atoms with Crippen molar-refractivity contribution in [3.63, 3.8) is 0 Å². The maximum absolute atomic E-state index is 16.3. The minimum absolute atomic E-state index is 0.109. The lowest BCUT2D eigenvalue weighted by Gasteiger charge is -2.35. The number of phenolic OH excluding ortho intramolecular Hbond substituents is 1. The van der Waals surface area contributed by atoms with Crippen LogP contribution in [0.3, 0.4) is 0 Å². The Kier molecular flexibility index (Phi) is 6.34. The quantitative estimate of drug-likeness (QED) is 0.296. The van der Waals surface area contributed by atoms with Gasteiger partial charge in [-0.05, 0) is 75.7 Å². The van der Waals surface area contributed by atoms with E-state index >= 15 is 4.39 Å². The average Bonchev–Trinajstić information content (AvgIpc) is 3.59. The van der Waals surface area contributed by atoms with E-state index in [9.17, 15) is 18.3 Å². The Morgan fingerprint density at radius 2 is 1.78 bits per heavy atom. The van der Waals surface area contributed by atoms with Crippen molar-refractivity contribution in [1.82, 2.24) is 20.2 Å². The van der Waals surface area contributed by atoms with Crippen molar-refractivity contribution in [2.24, 2.45) is 0 Å². The molecule has 2 aromatic heterocycles. The molecule has 11 heteroatoms. The molecule has 214 valence electrons. The van der Waals surface area contributed by atoms with Gasteiger partial charge in [-0.25, -0.2) is 9.37 Å². The van der Waals surface area contributed by atoms with Crippen LogP contribution in [0, 0.1) is 17.7 Å². The fourth-order valence-electron chi connectivity index (χ4n) is 7.20. The molecule has 3 aromatic rings. The molecule has 4 aliphatic rings. The molecule has 7 rings (SSSR count). The second-order valence-corrected chi connectivity index (χ2v) is 12.0. The first-order chi connectivity index (χ1) is 19.6. The summed E-state index contributed by atoms with van der Waals surface area (Å²) in [6.45, 7) is 3.44. The maximum atomic E-state index is 16.3. The third kappa shape index (κ3) is 4.59. The largest absolute Gasteiger partial charge is 0.508 e. The van der Waals surface area contributed by atoms with Crippen molar-refractivity contribution in [3.05, 3.63) is 46.5 Å². The van der Waals surface area contributed by atoms with Gasteiger partial charge in [0.15, 0.2) is 5.82 Å². The van der Waals surface area contributed by atoms with Gasteiger partial charge in [0, 0.05) is 42.3 Å². The number of rotatable bonds is 2. The van der Waals surface area contributed by atoms with Crippen molar-refractivity contribution < 1.29 is 22.7 Å². The lowest BCUT2D eigenvalue weighted by molar-refractivity contribution is -0.137. The Labute approximate surface area is 239 Å². The number of pyridine rings is 2. The summed E-state index contributed by atoms with van der Waals surface area (Å²) in [5, 5.41) is 13.3. The highest BCUT2D eigenvalue weighted by molar-refractivity contribution is 6.32. The minimum Gasteiger partial charge on any atom is -0.508 e. The summed E-state index contributed by atoms with van der Waals surface area (Å²) in [5.41, 5.74) is -1.72. The number of halogens is 5. The molecular formula is C30H28ClF4N5O. The predicted molar refractivity (Wildman–Crippen MR) is 148 cm³/mol. The van der Waals surface area contributed by atoms with E-state index in [1.807, 2.05) is 6.07 Å². The summed E-state index contributed by atoms with van der Waals surface area (Å²) in [6, 6.07) is 4.08. The van der Waals surface area contributed by atoms with Gasteiger partial charge in [0.2, 0.25) is 0 Å².